The second-order valence-corrected chi connectivity index (χ2v) is 16.1. The molecule has 0 aliphatic heterocycles. The van der Waals surface area contributed by atoms with E-state index < -0.39 is 31.6 Å². The van der Waals surface area contributed by atoms with E-state index in [9.17, 15) is 16.8 Å². The van der Waals surface area contributed by atoms with Gasteiger partial charge in [0.25, 0.3) is 0 Å². The lowest BCUT2D eigenvalue weighted by Gasteiger charge is -2.37. The highest BCUT2D eigenvalue weighted by molar-refractivity contribution is 9.08. The number of furan rings is 2. The van der Waals surface area contributed by atoms with Crippen molar-refractivity contribution in [3.63, 3.8) is 0 Å². The lowest BCUT2D eigenvalue weighted by Crippen LogP contribution is -2.48. The molecule has 0 fully saturated rings. The summed E-state index contributed by atoms with van der Waals surface area (Å²) in [6, 6.07) is 19.7. The van der Waals surface area contributed by atoms with Gasteiger partial charge < -0.3 is 8.83 Å². The Hall–Kier alpha value is -2.22. The Kier molecular flexibility index (Phi) is 11.7. The zero-order valence-corrected chi connectivity index (χ0v) is 29.7. The molecule has 0 aliphatic rings. The van der Waals surface area contributed by atoms with Gasteiger partial charge in [-0.25, -0.2) is 21.6 Å². The molecule has 44 heavy (non-hydrogen) atoms. The number of halogens is 2. The third-order valence-corrected chi connectivity index (χ3v) is 11.7. The van der Waals surface area contributed by atoms with Gasteiger partial charge in [-0.2, -0.15) is 4.72 Å². The molecule has 12 heteroatoms. The molecule has 0 saturated heterocycles. The van der Waals surface area contributed by atoms with E-state index in [1.165, 1.54) is 12.5 Å². The Morgan fingerprint density at radius 3 is 1.75 bits per heavy atom. The number of sulfonamides is 2. The highest BCUT2D eigenvalue weighted by Crippen LogP contribution is 2.39. The van der Waals surface area contributed by atoms with E-state index in [1.807, 2.05) is 20.8 Å². The van der Waals surface area contributed by atoms with Crippen molar-refractivity contribution in [2.75, 3.05) is 0 Å². The van der Waals surface area contributed by atoms with Gasteiger partial charge in [-0.3, -0.25) is 0 Å². The van der Waals surface area contributed by atoms with Crippen LogP contribution in [-0.2, 0) is 36.2 Å². The number of hydrogen-bond acceptors (Lipinski definition) is 6. The fourth-order valence-electron chi connectivity index (χ4n) is 5.55. The van der Waals surface area contributed by atoms with Gasteiger partial charge in [0.2, 0.25) is 20.0 Å². The van der Waals surface area contributed by atoms with Gasteiger partial charge in [0.15, 0.2) is 0 Å². The Bertz CT molecular complexity index is 1670. The smallest absolute Gasteiger partial charge is 0.241 e. The standard InChI is InChI=1S/C32H38Br2N2O6S2/c1-23(2)19-32(31-7-5-17-42-31,36-44(39,40)28-14-10-26(22-34)11-15-28)20-24(3)18-29(30-6-4-16-41-30)35-43(37,38)27-12-8-25(21-33)9-13-27/h4-17,23-24,29,35-36H,18-22H2,1-3H3. The van der Waals surface area contributed by atoms with Gasteiger partial charge in [0, 0.05) is 10.7 Å². The monoisotopic (exact) mass is 768 g/mol. The number of hydrogen-bond donors (Lipinski definition) is 2. The average Bonchev–Trinajstić information content (AvgIpc) is 3.72. The fraction of sp³-hybridized carbons (Fsp3) is 0.375. The Morgan fingerprint density at radius 1 is 0.727 bits per heavy atom. The number of rotatable bonds is 16. The van der Waals surface area contributed by atoms with E-state index in [1.54, 1.807) is 72.8 Å². The maximum absolute atomic E-state index is 13.8. The molecule has 0 radical (unpaired) electrons. The van der Waals surface area contributed by atoms with Crippen LogP contribution in [0.4, 0.5) is 0 Å². The molecular formula is C32H38Br2N2O6S2. The quantitative estimate of drug-likeness (QED) is 0.112. The first-order valence-electron chi connectivity index (χ1n) is 14.3. The van der Waals surface area contributed by atoms with E-state index >= 15 is 0 Å². The summed E-state index contributed by atoms with van der Waals surface area (Å²) < 4.78 is 72.0. The first-order valence-corrected chi connectivity index (χ1v) is 19.5. The third kappa shape index (κ3) is 8.73. The molecule has 4 rings (SSSR count). The SMILES string of the molecule is CC(C)CC(CC(C)CC(NS(=O)(=O)c1ccc(CBr)cc1)c1ccco1)(NS(=O)(=O)c1ccc(CBr)cc1)c1ccco1. The van der Waals surface area contributed by atoms with Crippen molar-refractivity contribution in [3.8, 4) is 0 Å². The Morgan fingerprint density at radius 2 is 1.27 bits per heavy atom. The summed E-state index contributed by atoms with van der Waals surface area (Å²) in [5.74, 6) is 0.886. The molecule has 2 heterocycles. The molecule has 3 atom stereocenters. The highest BCUT2D eigenvalue weighted by Gasteiger charge is 2.42. The van der Waals surface area contributed by atoms with Crippen LogP contribution < -0.4 is 9.44 Å². The summed E-state index contributed by atoms with van der Waals surface area (Å²) in [6.45, 7) is 6.04. The normalized spacial score (nSPS) is 15.2. The summed E-state index contributed by atoms with van der Waals surface area (Å²) in [4.78, 5) is 0.302. The predicted molar refractivity (Wildman–Crippen MR) is 178 cm³/mol. The van der Waals surface area contributed by atoms with Crippen molar-refractivity contribution < 1.29 is 25.7 Å². The molecule has 4 aromatic rings. The van der Waals surface area contributed by atoms with Crippen LogP contribution in [0.5, 0.6) is 0 Å². The summed E-state index contributed by atoms with van der Waals surface area (Å²) >= 11 is 6.79. The van der Waals surface area contributed by atoms with Crippen LogP contribution in [0.1, 0.15) is 68.7 Å². The number of alkyl halides is 2. The van der Waals surface area contributed by atoms with E-state index in [-0.39, 0.29) is 21.6 Å². The van der Waals surface area contributed by atoms with Crippen LogP contribution in [0.15, 0.2) is 104 Å². The van der Waals surface area contributed by atoms with Crippen LogP contribution in [0.3, 0.4) is 0 Å². The maximum Gasteiger partial charge on any atom is 0.241 e. The van der Waals surface area contributed by atoms with Gasteiger partial charge in [-0.1, -0.05) is 76.9 Å². The molecule has 2 aromatic carbocycles. The topological polar surface area (TPSA) is 119 Å². The minimum atomic E-state index is -3.96. The van der Waals surface area contributed by atoms with E-state index in [0.717, 1.165) is 11.1 Å². The lowest BCUT2D eigenvalue weighted by atomic mass is 9.78. The highest BCUT2D eigenvalue weighted by atomic mass is 79.9. The predicted octanol–water partition coefficient (Wildman–Crippen LogP) is 8.02. The Labute approximate surface area is 277 Å². The van der Waals surface area contributed by atoms with Gasteiger partial charge in [0.1, 0.15) is 11.5 Å². The molecule has 2 aromatic heterocycles. The molecule has 2 N–H and O–H groups in total. The maximum atomic E-state index is 13.8. The van der Waals surface area contributed by atoms with Crippen molar-refractivity contribution >= 4 is 51.9 Å². The summed E-state index contributed by atoms with van der Waals surface area (Å²) in [5, 5.41) is 1.23. The number of benzene rings is 2. The molecule has 3 unspecified atom stereocenters. The molecule has 0 amide bonds. The van der Waals surface area contributed by atoms with Gasteiger partial charge in [0.05, 0.1) is 33.9 Å². The fourth-order valence-corrected chi connectivity index (χ4v) is 8.90. The van der Waals surface area contributed by atoms with Crippen LogP contribution in [0.25, 0.3) is 0 Å². The first kappa shape index (κ1) is 34.6. The minimum Gasteiger partial charge on any atom is -0.468 e. The van der Waals surface area contributed by atoms with Crippen LogP contribution in [0.2, 0.25) is 0 Å². The zero-order valence-electron chi connectivity index (χ0n) is 24.9. The molecule has 238 valence electrons. The van der Waals surface area contributed by atoms with Crippen LogP contribution in [-0.4, -0.2) is 16.8 Å². The second kappa shape index (κ2) is 14.9. The van der Waals surface area contributed by atoms with Gasteiger partial charge in [-0.05, 0) is 90.8 Å². The van der Waals surface area contributed by atoms with Crippen LogP contribution >= 0.6 is 31.9 Å². The van der Waals surface area contributed by atoms with E-state index in [4.69, 9.17) is 8.83 Å². The van der Waals surface area contributed by atoms with E-state index in [2.05, 4.69) is 41.3 Å². The number of nitrogens with one attached hydrogen (secondary N) is 2. The molecule has 0 bridgehead atoms. The molecule has 0 spiro atoms. The zero-order chi connectivity index (χ0) is 32.0. The molecular weight excluding hydrogens is 732 g/mol. The van der Waals surface area contributed by atoms with Crippen molar-refractivity contribution in [3.05, 3.63) is 108 Å². The van der Waals surface area contributed by atoms with Crippen molar-refractivity contribution in [1.82, 2.24) is 9.44 Å². The summed E-state index contributed by atoms with van der Waals surface area (Å²) in [6.07, 6.45) is 4.19. The third-order valence-electron chi connectivity index (χ3n) is 7.37. The molecule has 0 aliphatic carbocycles. The van der Waals surface area contributed by atoms with E-state index in [0.29, 0.717) is 41.4 Å². The summed E-state index contributed by atoms with van der Waals surface area (Å²) in [5.41, 5.74) is 0.825. The van der Waals surface area contributed by atoms with Crippen molar-refractivity contribution in [2.45, 2.75) is 72.1 Å². The second-order valence-electron chi connectivity index (χ2n) is 11.6. The molecule has 0 saturated carbocycles. The molecule has 8 nitrogen and oxygen atoms in total. The minimum absolute atomic E-state index is 0.104. The summed E-state index contributed by atoms with van der Waals surface area (Å²) in [7, 11) is -7.85. The first-order chi connectivity index (χ1) is 20.9. The lowest BCUT2D eigenvalue weighted by molar-refractivity contribution is 0.202. The van der Waals surface area contributed by atoms with Crippen LogP contribution in [0, 0.1) is 11.8 Å². The van der Waals surface area contributed by atoms with Crippen molar-refractivity contribution in [1.29, 1.82) is 0 Å². The largest absolute Gasteiger partial charge is 0.468 e. The van der Waals surface area contributed by atoms with Gasteiger partial charge >= 0.3 is 0 Å². The van der Waals surface area contributed by atoms with Crippen molar-refractivity contribution in [2.24, 2.45) is 11.8 Å². The average molecular weight is 771 g/mol. The Balaban J connectivity index is 1.66. The van der Waals surface area contributed by atoms with Gasteiger partial charge in [-0.15, -0.1) is 0 Å².